The first-order valence-corrected chi connectivity index (χ1v) is 20.4. The van der Waals surface area contributed by atoms with E-state index in [-0.39, 0.29) is 33.3 Å². The van der Waals surface area contributed by atoms with Crippen LogP contribution < -0.4 is 49.6 Å². The van der Waals surface area contributed by atoms with E-state index in [0.717, 1.165) is 24.5 Å². The van der Waals surface area contributed by atoms with Gasteiger partial charge in [-0.15, -0.1) is 0 Å². The Morgan fingerprint density at radius 1 is 0.327 bits per heavy atom. The number of rotatable bonds is 10. The predicted octanol–water partition coefficient (Wildman–Crippen LogP) is 5.77. The fourth-order valence-corrected chi connectivity index (χ4v) is 10.3. The number of aromatic nitrogens is 2. The zero-order valence-corrected chi connectivity index (χ0v) is 34.7. The van der Waals surface area contributed by atoms with Gasteiger partial charge in [0.2, 0.25) is 0 Å². The van der Waals surface area contributed by atoms with Gasteiger partial charge in [0.1, 0.15) is 0 Å². The van der Waals surface area contributed by atoms with Gasteiger partial charge in [-0.3, -0.25) is 9.97 Å². The molecule has 0 amide bonds. The Balaban J connectivity index is 0.000000221. The molecule has 0 atom stereocenters. The molecule has 276 valence electrons. The van der Waals surface area contributed by atoms with Crippen LogP contribution in [0.5, 0.6) is 0 Å². The van der Waals surface area contributed by atoms with E-state index >= 15 is 0 Å². The van der Waals surface area contributed by atoms with Gasteiger partial charge in [-0.1, -0.05) is 194 Å². The molecule has 1 N–H and O–H groups in total. The topological polar surface area (TPSA) is 37.8 Å². The van der Waals surface area contributed by atoms with Crippen molar-refractivity contribution in [3.8, 4) is 0 Å². The van der Waals surface area contributed by atoms with Crippen molar-refractivity contribution >= 4 is 47.7 Å². The van der Waals surface area contributed by atoms with Crippen molar-refractivity contribution in [3.05, 3.63) is 242 Å². The molecule has 0 radical (unpaired) electrons. The Hall–Kier alpha value is -4.65. The van der Waals surface area contributed by atoms with E-state index in [1.807, 2.05) is 36.4 Å². The van der Waals surface area contributed by atoms with Gasteiger partial charge in [0.15, 0.2) is 0 Å². The zero-order chi connectivity index (χ0) is 36.2. The van der Waals surface area contributed by atoms with E-state index in [1.165, 1.54) is 31.8 Å². The minimum atomic E-state index is -0.446. The van der Waals surface area contributed by atoms with E-state index in [9.17, 15) is 0 Å². The molecule has 0 aliphatic heterocycles. The summed E-state index contributed by atoms with van der Waals surface area (Å²) >= 11 is 0. The molecule has 0 bridgehead atoms. The molecule has 0 aliphatic carbocycles. The molecule has 2 heterocycles. The standard InChI is InChI=1S/2C18H15P.C12H13N3.ClH.Ru.H/c2*1-4-10-16(11-5-1)19(17-12-6-2-7-13-17)18-14-8-3-9-15-18;1-3-7-14-11(5-1)9-13-10-12-6-2-4-8-15-12;;;/h2*1-15H;1-8,13H,9-10H2;1H;;/q;;;;+2;-1/p-1. The average molecular weight is 861 g/mol. The molecule has 0 saturated carbocycles. The SMILES string of the molecule is [Cl-].[H-].[Ru+2].c1ccc(CNCc2ccccn2)nc1.c1ccc(P(c2ccccc2)c2ccccc2)cc1.c1ccc(P(c2ccccc2)c2ccccc2)cc1. The summed E-state index contributed by atoms with van der Waals surface area (Å²) in [5.41, 5.74) is 2.10. The van der Waals surface area contributed by atoms with Crippen molar-refractivity contribution in [2.24, 2.45) is 0 Å². The smallest absolute Gasteiger partial charge is 1.00 e. The fourth-order valence-electron chi connectivity index (χ4n) is 5.68. The quantitative estimate of drug-likeness (QED) is 0.140. The molecular formula is C48H44ClN3P2Ru. The molecule has 8 rings (SSSR count). The Kier molecular flexibility index (Phi) is 19.3. The summed E-state index contributed by atoms with van der Waals surface area (Å²) < 4.78 is 0. The van der Waals surface area contributed by atoms with E-state index < -0.39 is 15.8 Å². The van der Waals surface area contributed by atoms with E-state index in [2.05, 4.69) is 197 Å². The summed E-state index contributed by atoms with van der Waals surface area (Å²) in [6.45, 7) is 1.55. The fraction of sp³-hybridized carbons (Fsp3) is 0.0417. The van der Waals surface area contributed by atoms with E-state index in [1.54, 1.807) is 12.4 Å². The molecule has 8 aromatic rings. The maximum Gasteiger partial charge on any atom is 2.00 e. The number of benzene rings is 6. The number of nitrogens with one attached hydrogen (secondary N) is 1. The normalized spacial score (nSPS) is 10.1. The van der Waals surface area contributed by atoms with E-state index in [0.29, 0.717) is 0 Å². The van der Waals surface area contributed by atoms with Crippen LogP contribution in [0.1, 0.15) is 12.8 Å². The summed E-state index contributed by atoms with van der Waals surface area (Å²) in [6.07, 6.45) is 3.61. The Morgan fingerprint density at radius 3 is 0.745 bits per heavy atom. The average Bonchev–Trinajstić information content (AvgIpc) is 3.25. The monoisotopic (exact) mass is 861 g/mol. The van der Waals surface area contributed by atoms with Crippen LogP contribution in [-0.2, 0) is 32.6 Å². The van der Waals surface area contributed by atoms with Crippen LogP contribution in [0.15, 0.2) is 231 Å². The van der Waals surface area contributed by atoms with Crippen molar-refractivity contribution in [2.75, 3.05) is 0 Å². The maximum absolute atomic E-state index is 4.23. The van der Waals surface area contributed by atoms with Crippen LogP contribution in [0.3, 0.4) is 0 Å². The van der Waals surface area contributed by atoms with Crippen LogP contribution in [-0.4, -0.2) is 9.97 Å². The summed E-state index contributed by atoms with van der Waals surface area (Å²) in [5.74, 6) is 0. The minimum Gasteiger partial charge on any atom is -1.00 e. The first kappa shape index (κ1) is 43.1. The van der Waals surface area contributed by atoms with Crippen molar-refractivity contribution < 1.29 is 33.3 Å². The van der Waals surface area contributed by atoms with Gasteiger partial charge in [0.25, 0.3) is 0 Å². The second-order valence-corrected chi connectivity index (χ2v) is 16.4. The molecular weight excluding hydrogens is 817 g/mol. The summed E-state index contributed by atoms with van der Waals surface area (Å²) in [6, 6.07) is 76.5. The van der Waals surface area contributed by atoms with Gasteiger partial charge in [-0.25, -0.2) is 0 Å². The summed E-state index contributed by atoms with van der Waals surface area (Å²) in [5, 5.41) is 11.7. The number of pyridine rings is 2. The number of hydrogen-bond acceptors (Lipinski definition) is 3. The molecule has 55 heavy (non-hydrogen) atoms. The molecule has 0 fully saturated rings. The Morgan fingerprint density at radius 2 is 0.545 bits per heavy atom. The summed E-state index contributed by atoms with van der Waals surface area (Å²) in [4.78, 5) is 8.45. The molecule has 2 aromatic heterocycles. The molecule has 0 saturated heterocycles. The minimum absolute atomic E-state index is 0. The predicted molar refractivity (Wildman–Crippen MR) is 230 cm³/mol. The van der Waals surface area contributed by atoms with Gasteiger partial charge in [0.05, 0.1) is 11.4 Å². The second kappa shape index (κ2) is 24.7. The van der Waals surface area contributed by atoms with Gasteiger partial charge >= 0.3 is 19.5 Å². The number of halogens is 1. The molecule has 3 nitrogen and oxygen atoms in total. The van der Waals surface area contributed by atoms with Crippen molar-refractivity contribution in [2.45, 2.75) is 13.1 Å². The summed E-state index contributed by atoms with van der Waals surface area (Å²) in [7, 11) is -0.892. The second-order valence-electron chi connectivity index (χ2n) is 11.9. The van der Waals surface area contributed by atoms with Crippen molar-refractivity contribution in [1.29, 1.82) is 0 Å². The van der Waals surface area contributed by atoms with Gasteiger partial charge in [-0.2, -0.15) is 0 Å². The van der Waals surface area contributed by atoms with Crippen molar-refractivity contribution in [1.82, 2.24) is 15.3 Å². The van der Waals surface area contributed by atoms with Crippen LogP contribution in [0.2, 0.25) is 0 Å². The molecule has 6 aromatic carbocycles. The third-order valence-electron chi connectivity index (χ3n) is 8.15. The third-order valence-corrected chi connectivity index (χ3v) is 13.0. The van der Waals surface area contributed by atoms with E-state index in [4.69, 9.17) is 0 Å². The van der Waals surface area contributed by atoms with Gasteiger partial charge < -0.3 is 19.2 Å². The number of hydrogen-bond donors (Lipinski definition) is 1. The van der Waals surface area contributed by atoms with Gasteiger partial charge in [-0.05, 0) is 71.9 Å². The molecule has 0 spiro atoms. The van der Waals surface area contributed by atoms with Crippen LogP contribution >= 0.6 is 15.8 Å². The number of nitrogens with zero attached hydrogens (tertiary/aromatic N) is 2. The largest absolute Gasteiger partial charge is 2.00 e. The van der Waals surface area contributed by atoms with Crippen LogP contribution in [0.25, 0.3) is 0 Å². The zero-order valence-electron chi connectivity index (χ0n) is 31.4. The third kappa shape index (κ3) is 13.9. The Bertz CT molecular complexity index is 1800. The van der Waals surface area contributed by atoms with Crippen LogP contribution in [0.4, 0.5) is 0 Å². The molecule has 0 unspecified atom stereocenters. The molecule has 0 aliphatic rings. The van der Waals surface area contributed by atoms with Crippen molar-refractivity contribution in [3.63, 3.8) is 0 Å². The Labute approximate surface area is 349 Å². The first-order valence-electron chi connectivity index (χ1n) is 17.8. The van der Waals surface area contributed by atoms with Gasteiger partial charge in [0, 0.05) is 25.5 Å². The first-order chi connectivity index (χ1) is 26.3. The maximum atomic E-state index is 4.23. The molecule has 7 heteroatoms. The van der Waals surface area contributed by atoms with Crippen LogP contribution in [0, 0.1) is 0 Å².